The summed E-state index contributed by atoms with van der Waals surface area (Å²) in [5, 5.41) is 8.94. The van der Waals surface area contributed by atoms with E-state index >= 15 is 0 Å². The standard InChI is InChI=1S/C11H12O3/c1-6-7(2)14-10-8(6)4-3-5-9(10)11(12)13/h3-7H,1-2H3,(H,12,13)/t6-,7-/m0/s1. The van der Waals surface area contributed by atoms with E-state index < -0.39 is 5.97 Å². The third kappa shape index (κ3) is 1.16. The van der Waals surface area contributed by atoms with Gasteiger partial charge in [0.15, 0.2) is 0 Å². The van der Waals surface area contributed by atoms with E-state index in [1.165, 1.54) is 0 Å². The first-order chi connectivity index (χ1) is 6.61. The van der Waals surface area contributed by atoms with Gasteiger partial charge in [-0.05, 0) is 13.0 Å². The average molecular weight is 192 g/mol. The van der Waals surface area contributed by atoms with Crippen LogP contribution >= 0.6 is 0 Å². The first-order valence-electron chi connectivity index (χ1n) is 4.64. The summed E-state index contributed by atoms with van der Waals surface area (Å²) >= 11 is 0. The number of hydrogen-bond donors (Lipinski definition) is 1. The van der Waals surface area contributed by atoms with Gasteiger partial charge in [0.25, 0.3) is 0 Å². The molecule has 0 saturated carbocycles. The summed E-state index contributed by atoms with van der Waals surface area (Å²) < 4.78 is 5.53. The number of aromatic carboxylic acids is 1. The van der Waals surface area contributed by atoms with Crippen LogP contribution in [0, 0.1) is 0 Å². The zero-order valence-corrected chi connectivity index (χ0v) is 8.15. The summed E-state index contributed by atoms with van der Waals surface area (Å²) in [5.41, 5.74) is 1.26. The highest BCUT2D eigenvalue weighted by Gasteiger charge is 2.30. The van der Waals surface area contributed by atoms with Gasteiger partial charge in [-0.2, -0.15) is 0 Å². The molecule has 1 aromatic carbocycles. The molecule has 3 nitrogen and oxygen atoms in total. The van der Waals surface area contributed by atoms with Gasteiger partial charge in [0.2, 0.25) is 0 Å². The second kappa shape index (κ2) is 3.01. The molecule has 2 rings (SSSR count). The molecule has 0 bridgehead atoms. The average Bonchev–Trinajstić information content (AvgIpc) is 2.43. The summed E-state index contributed by atoms with van der Waals surface area (Å²) in [5.74, 6) is -0.118. The highest BCUT2D eigenvalue weighted by atomic mass is 16.5. The Labute approximate surface area is 82.3 Å². The van der Waals surface area contributed by atoms with Crippen LogP contribution in [-0.4, -0.2) is 17.2 Å². The summed E-state index contributed by atoms with van der Waals surface area (Å²) in [7, 11) is 0. The Kier molecular flexibility index (Phi) is 1.95. The molecule has 2 atom stereocenters. The molecule has 1 heterocycles. The number of carboxylic acids is 1. The molecule has 0 aliphatic carbocycles. The number of ether oxygens (including phenoxy) is 1. The van der Waals surface area contributed by atoms with E-state index in [0.717, 1.165) is 5.56 Å². The number of para-hydroxylation sites is 1. The van der Waals surface area contributed by atoms with Crippen molar-refractivity contribution in [3.8, 4) is 5.75 Å². The van der Waals surface area contributed by atoms with Crippen LogP contribution in [0.5, 0.6) is 5.75 Å². The molecule has 0 unspecified atom stereocenters. The summed E-state index contributed by atoms with van der Waals surface area (Å²) in [6.45, 7) is 4.00. The van der Waals surface area contributed by atoms with Gasteiger partial charge in [0.05, 0.1) is 0 Å². The molecule has 3 heteroatoms. The molecule has 0 amide bonds. The van der Waals surface area contributed by atoms with Crippen LogP contribution in [0.4, 0.5) is 0 Å². The molecular weight excluding hydrogens is 180 g/mol. The van der Waals surface area contributed by atoms with Gasteiger partial charge in [0.1, 0.15) is 17.4 Å². The van der Waals surface area contributed by atoms with Crippen LogP contribution in [0.1, 0.15) is 35.7 Å². The number of rotatable bonds is 1. The second-order valence-corrected chi connectivity index (χ2v) is 3.64. The largest absolute Gasteiger partial charge is 0.489 e. The molecule has 0 spiro atoms. The smallest absolute Gasteiger partial charge is 0.339 e. The van der Waals surface area contributed by atoms with Crippen molar-refractivity contribution >= 4 is 5.97 Å². The number of fused-ring (bicyclic) bond motifs is 1. The van der Waals surface area contributed by atoms with E-state index in [0.29, 0.717) is 5.75 Å². The van der Waals surface area contributed by atoms with Gasteiger partial charge in [-0.15, -0.1) is 0 Å². The van der Waals surface area contributed by atoms with Gasteiger partial charge < -0.3 is 9.84 Å². The predicted octanol–water partition coefficient (Wildman–Crippen LogP) is 2.27. The van der Waals surface area contributed by atoms with Gasteiger partial charge in [0, 0.05) is 11.5 Å². The van der Waals surface area contributed by atoms with E-state index in [4.69, 9.17) is 9.84 Å². The van der Waals surface area contributed by atoms with E-state index in [1.807, 2.05) is 19.9 Å². The third-order valence-corrected chi connectivity index (χ3v) is 2.77. The second-order valence-electron chi connectivity index (χ2n) is 3.64. The van der Waals surface area contributed by atoms with Crippen LogP contribution in [0.3, 0.4) is 0 Å². The molecule has 1 aromatic rings. The van der Waals surface area contributed by atoms with Crippen molar-refractivity contribution in [2.45, 2.75) is 25.9 Å². The van der Waals surface area contributed by atoms with Crippen LogP contribution in [-0.2, 0) is 0 Å². The van der Waals surface area contributed by atoms with E-state index in [-0.39, 0.29) is 17.6 Å². The normalized spacial score (nSPS) is 24.1. The monoisotopic (exact) mass is 192 g/mol. The maximum absolute atomic E-state index is 10.9. The molecule has 0 aromatic heterocycles. The fourth-order valence-electron chi connectivity index (χ4n) is 1.75. The zero-order valence-electron chi connectivity index (χ0n) is 8.15. The SMILES string of the molecule is C[C@@H]1Oc2c(C(=O)O)cccc2[C@H]1C. The molecule has 74 valence electrons. The quantitative estimate of drug-likeness (QED) is 0.742. The summed E-state index contributed by atoms with van der Waals surface area (Å²) in [6.07, 6.45) is 0.0606. The van der Waals surface area contributed by atoms with E-state index in [2.05, 4.69) is 0 Å². The fraction of sp³-hybridized carbons (Fsp3) is 0.364. The number of carbonyl (C=O) groups is 1. The van der Waals surface area contributed by atoms with Crippen molar-refractivity contribution in [3.05, 3.63) is 29.3 Å². The first kappa shape index (κ1) is 9.06. The maximum Gasteiger partial charge on any atom is 0.339 e. The lowest BCUT2D eigenvalue weighted by Gasteiger charge is -2.07. The summed E-state index contributed by atoms with van der Waals surface area (Å²) in [4.78, 5) is 10.9. The number of hydrogen-bond acceptors (Lipinski definition) is 2. The van der Waals surface area contributed by atoms with Gasteiger partial charge in [-0.25, -0.2) is 4.79 Å². The van der Waals surface area contributed by atoms with Gasteiger partial charge >= 0.3 is 5.97 Å². The number of carboxylic acid groups (broad SMARTS) is 1. The molecule has 1 aliphatic heterocycles. The Morgan fingerprint density at radius 3 is 2.79 bits per heavy atom. The minimum Gasteiger partial charge on any atom is -0.489 e. The molecule has 1 aliphatic rings. The topological polar surface area (TPSA) is 46.5 Å². The van der Waals surface area contributed by atoms with Gasteiger partial charge in [-0.1, -0.05) is 19.1 Å². The van der Waals surface area contributed by atoms with Crippen molar-refractivity contribution in [1.29, 1.82) is 0 Å². The maximum atomic E-state index is 10.9. The minimum atomic E-state index is -0.928. The highest BCUT2D eigenvalue weighted by Crippen LogP contribution is 2.39. The van der Waals surface area contributed by atoms with Crippen molar-refractivity contribution in [3.63, 3.8) is 0 Å². The first-order valence-corrected chi connectivity index (χ1v) is 4.64. The lowest BCUT2D eigenvalue weighted by atomic mass is 9.97. The van der Waals surface area contributed by atoms with Crippen LogP contribution < -0.4 is 4.74 Å². The summed E-state index contributed by atoms with van der Waals surface area (Å²) in [6, 6.07) is 5.27. The Morgan fingerprint density at radius 2 is 2.14 bits per heavy atom. The predicted molar refractivity (Wildman–Crippen MR) is 51.9 cm³/mol. The van der Waals surface area contributed by atoms with Crippen LogP contribution in [0.2, 0.25) is 0 Å². The molecule has 0 saturated heterocycles. The molecule has 14 heavy (non-hydrogen) atoms. The van der Waals surface area contributed by atoms with E-state index in [9.17, 15) is 4.79 Å². The zero-order chi connectivity index (χ0) is 10.3. The van der Waals surface area contributed by atoms with E-state index in [1.54, 1.807) is 12.1 Å². The van der Waals surface area contributed by atoms with Crippen molar-refractivity contribution in [2.75, 3.05) is 0 Å². The lowest BCUT2D eigenvalue weighted by molar-refractivity contribution is 0.0691. The van der Waals surface area contributed by atoms with Crippen molar-refractivity contribution in [1.82, 2.24) is 0 Å². The van der Waals surface area contributed by atoms with Crippen LogP contribution in [0.25, 0.3) is 0 Å². The van der Waals surface area contributed by atoms with Crippen molar-refractivity contribution in [2.24, 2.45) is 0 Å². The molecule has 0 radical (unpaired) electrons. The molecule has 1 N–H and O–H groups in total. The third-order valence-electron chi connectivity index (χ3n) is 2.77. The fourth-order valence-corrected chi connectivity index (χ4v) is 1.75. The molecular formula is C11H12O3. The van der Waals surface area contributed by atoms with Crippen LogP contribution in [0.15, 0.2) is 18.2 Å². The number of benzene rings is 1. The van der Waals surface area contributed by atoms with Gasteiger partial charge in [-0.3, -0.25) is 0 Å². The molecule has 0 fully saturated rings. The highest BCUT2D eigenvalue weighted by molar-refractivity contribution is 5.91. The Balaban J connectivity index is 2.56. The Bertz CT molecular complexity index is 384. The van der Waals surface area contributed by atoms with Crippen molar-refractivity contribution < 1.29 is 14.6 Å². The minimum absolute atomic E-state index is 0.0606. The Morgan fingerprint density at radius 1 is 1.43 bits per heavy atom. The Hall–Kier alpha value is -1.51. The lowest BCUT2D eigenvalue weighted by Crippen LogP contribution is -2.11.